The standard InChI is InChI=1S/C18H24N4O2/c23-18(19-10-17-15-6-1-7-16(15)20-21-17)13-4-2-8-22(11-13)12-14-5-3-9-24-14/h3,5,9,13H,1-2,4,6-8,10-12H2,(H,19,23)(H,20,21)/t13-/m0/s1. The Balaban J connectivity index is 1.30. The topological polar surface area (TPSA) is 74.2 Å². The van der Waals surface area contributed by atoms with Gasteiger partial charge in [-0.2, -0.15) is 5.10 Å². The van der Waals surface area contributed by atoms with Crippen LogP contribution in [0.5, 0.6) is 0 Å². The van der Waals surface area contributed by atoms with E-state index in [1.807, 2.05) is 12.1 Å². The van der Waals surface area contributed by atoms with Crippen molar-refractivity contribution in [1.82, 2.24) is 20.4 Å². The van der Waals surface area contributed by atoms with E-state index in [1.165, 1.54) is 17.7 Å². The van der Waals surface area contributed by atoms with Crippen molar-refractivity contribution in [2.45, 2.75) is 45.2 Å². The summed E-state index contributed by atoms with van der Waals surface area (Å²) in [4.78, 5) is 14.8. The molecular formula is C18H24N4O2. The Hall–Kier alpha value is -2.08. The number of carbonyl (C=O) groups excluding carboxylic acids is 1. The molecule has 1 amide bonds. The summed E-state index contributed by atoms with van der Waals surface area (Å²) in [6, 6.07) is 3.90. The molecule has 1 atom stereocenters. The first-order chi connectivity index (χ1) is 11.8. The average Bonchev–Trinajstić information content (AvgIpc) is 3.31. The lowest BCUT2D eigenvalue weighted by Crippen LogP contribution is -2.42. The second kappa shape index (κ2) is 6.81. The zero-order valence-electron chi connectivity index (χ0n) is 13.9. The summed E-state index contributed by atoms with van der Waals surface area (Å²) >= 11 is 0. The van der Waals surface area contributed by atoms with Gasteiger partial charge in [-0.15, -0.1) is 0 Å². The Morgan fingerprint density at radius 3 is 3.25 bits per heavy atom. The molecule has 6 heteroatoms. The SMILES string of the molecule is O=C(NCc1n[nH]c2c1CCC2)[C@H]1CCCN(Cc2ccco2)C1. The van der Waals surface area contributed by atoms with Crippen LogP contribution in [0.15, 0.2) is 22.8 Å². The first kappa shape index (κ1) is 15.4. The van der Waals surface area contributed by atoms with Crippen LogP contribution in [0.2, 0.25) is 0 Å². The van der Waals surface area contributed by atoms with Crippen molar-refractivity contribution in [3.05, 3.63) is 41.1 Å². The van der Waals surface area contributed by atoms with Crippen molar-refractivity contribution in [3.8, 4) is 0 Å². The highest BCUT2D eigenvalue weighted by Gasteiger charge is 2.26. The Morgan fingerprint density at radius 2 is 2.38 bits per heavy atom. The largest absolute Gasteiger partial charge is 0.468 e. The number of furan rings is 1. The van der Waals surface area contributed by atoms with Gasteiger partial charge in [0.2, 0.25) is 5.91 Å². The molecule has 2 N–H and O–H groups in total. The second-order valence-corrected chi connectivity index (χ2v) is 6.85. The Kier molecular flexibility index (Phi) is 4.38. The number of H-pyrrole nitrogens is 1. The molecule has 1 saturated heterocycles. The summed E-state index contributed by atoms with van der Waals surface area (Å²) in [7, 11) is 0. The number of nitrogens with zero attached hydrogens (tertiary/aromatic N) is 2. The minimum absolute atomic E-state index is 0.0562. The van der Waals surface area contributed by atoms with Crippen molar-refractivity contribution < 1.29 is 9.21 Å². The van der Waals surface area contributed by atoms with Crippen LogP contribution >= 0.6 is 0 Å². The molecule has 1 aliphatic heterocycles. The minimum atomic E-state index is 0.0562. The number of aromatic amines is 1. The van der Waals surface area contributed by atoms with E-state index in [-0.39, 0.29) is 11.8 Å². The molecule has 0 radical (unpaired) electrons. The highest BCUT2D eigenvalue weighted by Crippen LogP contribution is 2.23. The quantitative estimate of drug-likeness (QED) is 0.880. The van der Waals surface area contributed by atoms with Crippen LogP contribution in [0, 0.1) is 5.92 Å². The number of piperidine rings is 1. The monoisotopic (exact) mass is 328 g/mol. The summed E-state index contributed by atoms with van der Waals surface area (Å²) in [5, 5.41) is 10.6. The maximum Gasteiger partial charge on any atom is 0.224 e. The number of aromatic nitrogens is 2. The number of nitrogens with one attached hydrogen (secondary N) is 2. The maximum atomic E-state index is 12.5. The highest BCUT2D eigenvalue weighted by molar-refractivity contribution is 5.79. The van der Waals surface area contributed by atoms with Crippen LogP contribution in [-0.4, -0.2) is 34.1 Å². The smallest absolute Gasteiger partial charge is 0.224 e. The molecule has 1 fully saturated rings. The molecule has 0 unspecified atom stereocenters. The summed E-state index contributed by atoms with van der Waals surface area (Å²) in [6.45, 7) is 3.14. The molecule has 24 heavy (non-hydrogen) atoms. The van der Waals surface area contributed by atoms with Gasteiger partial charge in [0.25, 0.3) is 0 Å². The highest BCUT2D eigenvalue weighted by atomic mass is 16.3. The molecule has 2 aromatic heterocycles. The Labute approximate surface area is 141 Å². The van der Waals surface area contributed by atoms with Crippen LogP contribution < -0.4 is 5.32 Å². The molecule has 1 aliphatic carbocycles. The molecule has 6 nitrogen and oxygen atoms in total. The molecule has 128 valence electrons. The maximum absolute atomic E-state index is 12.5. The van der Waals surface area contributed by atoms with Crippen molar-refractivity contribution in [2.24, 2.45) is 5.92 Å². The molecule has 2 aliphatic rings. The van der Waals surface area contributed by atoms with Gasteiger partial charge in [0, 0.05) is 12.2 Å². The van der Waals surface area contributed by atoms with E-state index >= 15 is 0 Å². The van der Waals surface area contributed by atoms with E-state index in [4.69, 9.17) is 4.42 Å². The lowest BCUT2D eigenvalue weighted by atomic mass is 9.97. The number of carbonyl (C=O) groups is 1. The third-order valence-corrected chi connectivity index (χ3v) is 5.16. The number of amides is 1. The van der Waals surface area contributed by atoms with Crippen molar-refractivity contribution in [2.75, 3.05) is 13.1 Å². The van der Waals surface area contributed by atoms with E-state index in [1.54, 1.807) is 6.26 Å². The number of hydrogen-bond donors (Lipinski definition) is 2. The van der Waals surface area contributed by atoms with Crippen LogP contribution in [-0.2, 0) is 30.7 Å². The number of hydrogen-bond acceptors (Lipinski definition) is 4. The molecule has 0 aromatic carbocycles. The van der Waals surface area contributed by atoms with Crippen LogP contribution in [0.4, 0.5) is 0 Å². The van der Waals surface area contributed by atoms with Gasteiger partial charge in [0.15, 0.2) is 0 Å². The summed E-state index contributed by atoms with van der Waals surface area (Å²) < 4.78 is 5.42. The van der Waals surface area contributed by atoms with Gasteiger partial charge >= 0.3 is 0 Å². The third-order valence-electron chi connectivity index (χ3n) is 5.16. The number of fused-ring (bicyclic) bond motifs is 1. The summed E-state index contributed by atoms with van der Waals surface area (Å²) in [5.74, 6) is 1.16. The fraction of sp³-hybridized carbons (Fsp3) is 0.556. The number of aryl methyl sites for hydroxylation is 1. The molecule has 0 bridgehead atoms. The van der Waals surface area contributed by atoms with E-state index in [2.05, 4.69) is 20.4 Å². The van der Waals surface area contributed by atoms with Crippen molar-refractivity contribution in [3.63, 3.8) is 0 Å². The number of rotatable bonds is 5. The fourth-order valence-electron chi connectivity index (χ4n) is 3.89. The minimum Gasteiger partial charge on any atom is -0.468 e. The molecule has 4 rings (SSSR count). The van der Waals surface area contributed by atoms with Crippen molar-refractivity contribution >= 4 is 5.91 Å². The molecular weight excluding hydrogens is 304 g/mol. The molecule has 2 aromatic rings. The fourth-order valence-corrected chi connectivity index (χ4v) is 3.89. The zero-order chi connectivity index (χ0) is 16.4. The summed E-state index contributed by atoms with van der Waals surface area (Å²) in [5.41, 5.74) is 3.58. The first-order valence-electron chi connectivity index (χ1n) is 8.87. The molecule has 0 spiro atoms. The Bertz CT molecular complexity index is 692. The van der Waals surface area contributed by atoms with Gasteiger partial charge in [-0.05, 0) is 56.3 Å². The predicted octanol–water partition coefficient (Wildman–Crippen LogP) is 2.02. The Morgan fingerprint density at radius 1 is 1.42 bits per heavy atom. The normalized spacial score (nSPS) is 20.9. The van der Waals surface area contributed by atoms with E-state index in [0.717, 1.165) is 56.8 Å². The first-order valence-corrected chi connectivity index (χ1v) is 8.87. The van der Waals surface area contributed by atoms with Crippen LogP contribution in [0.25, 0.3) is 0 Å². The van der Waals surface area contributed by atoms with E-state index in [0.29, 0.717) is 6.54 Å². The lowest BCUT2D eigenvalue weighted by Gasteiger charge is -2.31. The molecule has 3 heterocycles. The zero-order valence-corrected chi connectivity index (χ0v) is 13.9. The predicted molar refractivity (Wildman–Crippen MR) is 89.2 cm³/mol. The van der Waals surface area contributed by atoms with Gasteiger partial charge < -0.3 is 9.73 Å². The van der Waals surface area contributed by atoms with Crippen LogP contribution in [0.1, 0.15) is 42.0 Å². The van der Waals surface area contributed by atoms with Gasteiger partial charge in [-0.3, -0.25) is 14.8 Å². The van der Waals surface area contributed by atoms with E-state index < -0.39 is 0 Å². The van der Waals surface area contributed by atoms with Gasteiger partial charge in [-0.1, -0.05) is 0 Å². The van der Waals surface area contributed by atoms with Gasteiger partial charge in [0.1, 0.15) is 5.76 Å². The van der Waals surface area contributed by atoms with E-state index in [9.17, 15) is 4.79 Å². The van der Waals surface area contributed by atoms with Crippen LogP contribution in [0.3, 0.4) is 0 Å². The molecule has 0 saturated carbocycles. The third kappa shape index (κ3) is 3.24. The van der Waals surface area contributed by atoms with Gasteiger partial charge in [0.05, 0.1) is 31.0 Å². The summed E-state index contributed by atoms with van der Waals surface area (Å²) in [6.07, 6.45) is 7.06. The lowest BCUT2D eigenvalue weighted by molar-refractivity contribution is -0.127. The second-order valence-electron chi connectivity index (χ2n) is 6.85. The van der Waals surface area contributed by atoms with Gasteiger partial charge in [-0.25, -0.2) is 0 Å². The number of likely N-dealkylation sites (tertiary alicyclic amines) is 1. The van der Waals surface area contributed by atoms with Crippen molar-refractivity contribution in [1.29, 1.82) is 0 Å². The average molecular weight is 328 g/mol.